The van der Waals surface area contributed by atoms with Gasteiger partial charge in [-0.3, -0.25) is 0 Å². The van der Waals surface area contributed by atoms with Gasteiger partial charge in [-0.2, -0.15) is 0 Å². The predicted octanol–water partition coefficient (Wildman–Crippen LogP) is 1.61. The molecule has 2 nitrogen and oxygen atoms in total. The summed E-state index contributed by atoms with van der Waals surface area (Å²) >= 11 is 0. The van der Waals surface area contributed by atoms with Crippen LogP contribution in [0.15, 0.2) is 0 Å². The molecule has 3 aliphatic rings. The van der Waals surface area contributed by atoms with Gasteiger partial charge in [0.2, 0.25) is 0 Å². The summed E-state index contributed by atoms with van der Waals surface area (Å²) in [5.74, 6) is 1.02. The molecule has 0 aromatic carbocycles. The zero-order chi connectivity index (χ0) is 9.60. The first-order valence-corrected chi connectivity index (χ1v) is 6.24. The zero-order valence-corrected chi connectivity index (χ0v) is 9.26. The van der Waals surface area contributed by atoms with Crippen molar-refractivity contribution in [2.24, 2.45) is 5.92 Å². The Bertz CT molecular complexity index is 220. The summed E-state index contributed by atoms with van der Waals surface area (Å²) in [6, 6.07) is 0.898. The topological polar surface area (TPSA) is 15.3 Å². The van der Waals surface area contributed by atoms with E-state index in [2.05, 4.69) is 17.3 Å². The van der Waals surface area contributed by atoms with E-state index in [4.69, 9.17) is 0 Å². The fraction of sp³-hybridized carbons (Fsp3) is 1.00. The molecule has 3 rings (SSSR count). The van der Waals surface area contributed by atoms with E-state index >= 15 is 0 Å². The third kappa shape index (κ3) is 1.31. The van der Waals surface area contributed by atoms with Crippen molar-refractivity contribution in [3.63, 3.8) is 0 Å². The SMILES string of the molecule is CN1CCC2CCC3(CCCN3)CC21. The standard InChI is InChI=1S/C12H22N2/c1-14-8-4-10-3-6-12(9-11(10)14)5-2-7-13-12/h10-11,13H,2-9H2,1H3. The molecule has 0 amide bonds. The molecule has 3 unspecified atom stereocenters. The molecule has 14 heavy (non-hydrogen) atoms. The Morgan fingerprint density at radius 2 is 2.21 bits per heavy atom. The van der Waals surface area contributed by atoms with Gasteiger partial charge in [0.05, 0.1) is 0 Å². The second-order valence-electron chi connectivity index (χ2n) is 5.65. The normalized spacial score (nSPS) is 48.6. The molecule has 0 aromatic heterocycles. The summed E-state index contributed by atoms with van der Waals surface area (Å²) < 4.78 is 0. The molecular weight excluding hydrogens is 172 g/mol. The molecule has 0 bridgehead atoms. The lowest BCUT2D eigenvalue weighted by Crippen LogP contribution is -2.50. The Morgan fingerprint density at radius 3 is 3.00 bits per heavy atom. The van der Waals surface area contributed by atoms with Crippen molar-refractivity contribution in [2.75, 3.05) is 20.1 Å². The summed E-state index contributed by atoms with van der Waals surface area (Å²) in [5.41, 5.74) is 0.555. The summed E-state index contributed by atoms with van der Waals surface area (Å²) in [5, 5.41) is 3.78. The van der Waals surface area contributed by atoms with Gasteiger partial charge in [0.1, 0.15) is 0 Å². The maximum atomic E-state index is 3.78. The lowest BCUT2D eigenvalue weighted by atomic mass is 9.73. The molecule has 2 saturated heterocycles. The number of likely N-dealkylation sites (tertiary alicyclic amines) is 1. The highest BCUT2D eigenvalue weighted by molar-refractivity contribution is 5.03. The number of hydrogen-bond acceptors (Lipinski definition) is 2. The van der Waals surface area contributed by atoms with Gasteiger partial charge in [0, 0.05) is 11.6 Å². The van der Waals surface area contributed by atoms with Crippen LogP contribution < -0.4 is 5.32 Å². The number of hydrogen-bond donors (Lipinski definition) is 1. The van der Waals surface area contributed by atoms with E-state index < -0.39 is 0 Å². The first-order chi connectivity index (χ1) is 6.79. The van der Waals surface area contributed by atoms with Crippen molar-refractivity contribution in [3.8, 4) is 0 Å². The zero-order valence-electron chi connectivity index (χ0n) is 9.26. The molecule has 2 heterocycles. The largest absolute Gasteiger partial charge is 0.311 e. The van der Waals surface area contributed by atoms with E-state index in [1.54, 1.807) is 0 Å². The Morgan fingerprint density at radius 1 is 1.29 bits per heavy atom. The van der Waals surface area contributed by atoms with Gasteiger partial charge in [-0.1, -0.05) is 0 Å². The molecule has 1 saturated carbocycles. The van der Waals surface area contributed by atoms with Crippen LogP contribution in [0.3, 0.4) is 0 Å². The summed E-state index contributed by atoms with van der Waals surface area (Å²) in [7, 11) is 2.32. The fourth-order valence-electron chi connectivity index (χ4n) is 3.97. The first kappa shape index (κ1) is 9.17. The number of fused-ring (bicyclic) bond motifs is 1. The van der Waals surface area contributed by atoms with Crippen LogP contribution >= 0.6 is 0 Å². The maximum absolute atomic E-state index is 3.78. The average Bonchev–Trinajstić information content (AvgIpc) is 2.77. The monoisotopic (exact) mass is 194 g/mol. The maximum Gasteiger partial charge on any atom is 0.0197 e. The lowest BCUT2D eigenvalue weighted by molar-refractivity contribution is 0.134. The van der Waals surface area contributed by atoms with Crippen molar-refractivity contribution in [1.29, 1.82) is 0 Å². The third-order valence-corrected chi connectivity index (χ3v) is 4.89. The molecule has 2 aliphatic heterocycles. The minimum Gasteiger partial charge on any atom is -0.311 e. The van der Waals surface area contributed by atoms with Crippen LogP contribution in [0.4, 0.5) is 0 Å². The molecule has 1 spiro atoms. The Kier molecular flexibility index (Phi) is 2.10. The molecule has 1 aliphatic carbocycles. The third-order valence-electron chi connectivity index (χ3n) is 4.89. The highest BCUT2D eigenvalue weighted by Crippen LogP contribution is 2.43. The van der Waals surface area contributed by atoms with E-state index in [1.165, 1.54) is 51.6 Å². The van der Waals surface area contributed by atoms with Gasteiger partial charge in [-0.15, -0.1) is 0 Å². The van der Waals surface area contributed by atoms with Crippen LogP contribution in [-0.4, -0.2) is 36.6 Å². The smallest absolute Gasteiger partial charge is 0.0197 e. The van der Waals surface area contributed by atoms with Gasteiger partial charge in [0.25, 0.3) is 0 Å². The van der Waals surface area contributed by atoms with Crippen molar-refractivity contribution in [3.05, 3.63) is 0 Å². The van der Waals surface area contributed by atoms with Crippen molar-refractivity contribution < 1.29 is 0 Å². The summed E-state index contributed by atoms with van der Waals surface area (Å²) in [6.07, 6.45) is 8.64. The fourth-order valence-corrected chi connectivity index (χ4v) is 3.97. The van der Waals surface area contributed by atoms with Gasteiger partial charge in [0.15, 0.2) is 0 Å². The van der Waals surface area contributed by atoms with Crippen LogP contribution in [0.2, 0.25) is 0 Å². The second kappa shape index (κ2) is 3.21. The summed E-state index contributed by atoms with van der Waals surface area (Å²) in [6.45, 7) is 2.60. The van der Waals surface area contributed by atoms with Crippen LogP contribution in [0.5, 0.6) is 0 Å². The summed E-state index contributed by atoms with van der Waals surface area (Å²) in [4.78, 5) is 2.60. The van der Waals surface area contributed by atoms with E-state index in [1.807, 2.05) is 0 Å². The van der Waals surface area contributed by atoms with E-state index in [-0.39, 0.29) is 0 Å². The molecular formula is C12H22N2. The molecule has 3 atom stereocenters. The van der Waals surface area contributed by atoms with Crippen molar-refractivity contribution in [1.82, 2.24) is 10.2 Å². The Hall–Kier alpha value is -0.0800. The van der Waals surface area contributed by atoms with Gasteiger partial charge in [-0.25, -0.2) is 0 Å². The van der Waals surface area contributed by atoms with Gasteiger partial charge >= 0.3 is 0 Å². The average molecular weight is 194 g/mol. The van der Waals surface area contributed by atoms with E-state index in [0.29, 0.717) is 5.54 Å². The minimum absolute atomic E-state index is 0.555. The van der Waals surface area contributed by atoms with Gasteiger partial charge < -0.3 is 10.2 Å². The molecule has 0 aromatic rings. The second-order valence-corrected chi connectivity index (χ2v) is 5.65. The van der Waals surface area contributed by atoms with E-state index in [9.17, 15) is 0 Å². The first-order valence-electron chi connectivity index (χ1n) is 6.24. The van der Waals surface area contributed by atoms with Gasteiger partial charge in [-0.05, 0) is 64.6 Å². The number of rotatable bonds is 0. The van der Waals surface area contributed by atoms with Crippen LogP contribution in [0.1, 0.15) is 38.5 Å². The number of nitrogens with zero attached hydrogens (tertiary/aromatic N) is 1. The molecule has 3 fully saturated rings. The molecule has 1 N–H and O–H groups in total. The Labute approximate surface area is 87.0 Å². The molecule has 2 heteroatoms. The minimum atomic E-state index is 0.555. The van der Waals surface area contributed by atoms with Crippen LogP contribution in [-0.2, 0) is 0 Å². The highest BCUT2D eigenvalue weighted by Gasteiger charge is 2.45. The number of nitrogens with one attached hydrogen (secondary N) is 1. The van der Waals surface area contributed by atoms with Crippen LogP contribution in [0.25, 0.3) is 0 Å². The quantitative estimate of drug-likeness (QED) is 0.630. The van der Waals surface area contributed by atoms with Crippen LogP contribution in [0, 0.1) is 5.92 Å². The highest BCUT2D eigenvalue weighted by atomic mass is 15.2. The van der Waals surface area contributed by atoms with Crippen molar-refractivity contribution in [2.45, 2.75) is 50.1 Å². The van der Waals surface area contributed by atoms with E-state index in [0.717, 1.165) is 12.0 Å². The lowest BCUT2D eigenvalue weighted by Gasteiger charge is -2.42. The predicted molar refractivity (Wildman–Crippen MR) is 58.3 cm³/mol. The Balaban J connectivity index is 1.75. The molecule has 0 radical (unpaired) electrons. The molecule has 80 valence electrons. The van der Waals surface area contributed by atoms with Crippen molar-refractivity contribution >= 4 is 0 Å².